The van der Waals surface area contributed by atoms with Crippen LogP contribution in [0.5, 0.6) is 0 Å². The number of carbonyl (C=O) groups excluding carboxylic acids is 4. The van der Waals surface area contributed by atoms with Crippen molar-refractivity contribution in [3.05, 3.63) is 52.5 Å². The molecule has 1 aliphatic heterocycles. The highest BCUT2D eigenvalue weighted by atomic mass is 32.1. The van der Waals surface area contributed by atoms with E-state index < -0.39 is 73.2 Å². The largest absolute Gasteiger partial charge is 0.444 e. The van der Waals surface area contributed by atoms with Crippen LogP contribution >= 0.6 is 11.3 Å². The van der Waals surface area contributed by atoms with Crippen molar-refractivity contribution < 1.29 is 53.8 Å². The van der Waals surface area contributed by atoms with Crippen molar-refractivity contribution in [1.29, 1.82) is 0 Å². The number of methoxy groups -OCH3 is 2. The van der Waals surface area contributed by atoms with Gasteiger partial charge in [-0.1, -0.05) is 91.6 Å². The van der Waals surface area contributed by atoms with Crippen LogP contribution in [0, 0.1) is 36.2 Å². The van der Waals surface area contributed by atoms with Gasteiger partial charge in [-0.25, -0.2) is 4.98 Å². The molecule has 13 unspecified atom stereocenters. The molecule has 1 fully saturated rings. The third-order valence-electron chi connectivity index (χ3n) is 13.2. The Morgan fingerprint density at radius 2 is 1.60 bits per heavy atom. The zero-order valence-corrected chi connectivity index (χ0v) is 42.1. The lowest BCUT2D eigenvalue weighted by molar-refractivity contribution is -0.148. The maximum Gasteiger partial charge on any atom is 0.245 e. The van der Waals surface area contributed by atoms with Gasteiger partial charge in [0.1, 0.15) is 42.1 Å². The van der Waals surface area contributed by atoms with Crippen LogP contribution in [0.25, 0.3) is 0 Å². The summed E-state index contributed by atoms with van der Waals surface area (Å²) in [7, 11) is 6.32. The summed E-state index contributed by atoms with van der Waals surface area (Å²) >= 11 is 1.48. The maximum atomic E-state index is 14.6. The highest BCUT2D eigenvalue weighted by Crippen LogP contribution is 2.31. The van der Waals surface area contributed by atoms with E-state index in [1.54, 1.807) is 51.0 Å². The molecule has 1 aromatic carbocycles. The smallest absolute Gasteiger partial charge is 0.245 e. The van der Waals surface area contributed by atoms with Gasteiger partial charge in [0.2, 0.25) is 23.6 Å². The molecule has 376 valence electrons. The van der Waals surface area contributed by atoms with Crippen LogP contribution < -0.4 is 10.6 Å². The predicted molar refractivity (Wildman–Crippen MR) is 256 cm³/mol. The van der Waals surface area contributed by atoms with E-state index in [-0.39, 0.29) is 60.5 Å². The number of ether oxygens (including phenoxy) is 3. The molecule has 2 heterocycles. The molecule has 18 heteroatoms. The fourth-order valence-electron chi connectivity index (χ4n) is 9.25. The quantitative estimate of drug-likeness (QED) is 0.0677. The second kappa shape index (κ2) is 27.7. The number of aliphatic hydroxyl groups is 4. The zero-order valence-electron chi connectivity index (χ0n) is 41.3. The number of hydrogen-bond acceptors (Lipinski definition) is 14. The molecule has 1 aromatic heterocycles. The number of benzene rings is 1. The number of hydrogen-bond donors (Lipinski definition) is 6. The summed E-state index contributed by atoms with van der Waals surface area (Å²) < 4.78 is 16.8. The van der Waals surface area contributed by atoms with Gasteiger partial charge >= 0.3 is 0 Å². The van der Waals surface area contributed by atoms with E-state index in [1.165, 1.54) is 23.3 Å². The van der Waals surface area contributed by atoms with Crippen LogP contribution in [0.2, 0.25) is 0 Å². The summed E-state index contributed by atoms with van der Waals surface area (Å²) in [5, 5.41) is 50.8. The lowest BCUT2D eigenvalue weighted by atomic mass is 9.89. The van der Waals surface area contributed by atoms with Crippen molar-refractivity contribution >= 4 is 35.0 Å². The van der Waals surface area contributed by atoms with Gasteiger partial charge in [0.25, 0.3) is 0 Å². The van der Waals surface area contributed by atoms with Crippen LogP contribution in [0.4, 0.5) is 0 Å². The van der Waals surface area contributed by atoms with Gasteiger partial charge in [-0.05, 0) is 49.6 Å². The van der Waals surface area contributed by atoms with Crippen molar-refractivity contribution in [1.82, 2.24) is 30.3 Å². The Morgan fingerprint density at radius 3 is 2.15 bits per heavy atom. The topological polar surface area (TPSA) is 224 Å². The van der Waals surface area contributed by atoms with Crippen LogP contribution in [0.15, 0.2) is 41.9 Å². The monoisotopic (exact) mass is 959 g/mol. The molecule has 0 radical (unpaired) electrons. The summed E-state index contributed by atoms with van der Waals surface area (Å²) in [5.41, 5.74) is 1.06. The van der Waals surface area contributed by atoms with Gasteiger partial charge in [0.15, 0.2) is 0 Å². The molecule has 67 heavy (non-hydrogen) atoms. The van der Waals surface area contributed by atoms with E-state index in [2.05, 4.69) is 20.4 Å². The molecule has 0 bridgehead atoms. The summed E-state index contributed by atoms with van der Waals surface area (Å²) in [6, 6.07) is 6.73. The van der Waals surface area contributed by atoms with Gasteiger partial charge in [-0.3, -0.25) is 24.1 Å². The van der Waals surface area contributed by atoms with E-state index in [9.17, 15) is 39.6 Å². The molecule has 13 atom stereocenters. The third-order valence-corrected chi connectivity index (χ3v) is 14.1. The lowest BCUT2D eigenvalue weighted by Crippen LogP contribution is -2.60. The molecule has 0 spiro atoms. The number of rotatable bonds is 28. The van der Waals surface area contributed by atoms with E-state index in [1.807, 2.05) is 76.4 Å². The normalized spacial score (nSPS) is 19.5. The summed E-state index contributed by atoms with van der Waals surface area (Å²) in [5.74, 6) is -2.69. The molecule has 17 nitrogen and oxygen atoms in total. The highest BCUT2D eigenvalue weighted by molar-refractivity contribution is 7.09. The van der Waals surface area contributed by atoms with E-state index in [4.69, 9.17) is 15.9 Å². The van der Waals surface area contributed by atoms with Crippen molar-refractivity contribution in [2.24, 2.45) is 23.7 Å². The van der Waals surface area contributed by atoms with Gasteiger partial charge in [0.05, 0.1) is 54.8 Å². The predicted octanol–water partition coefficient (Wildman–Crippen LogP) is 2.61. The molecule has 0 aliphatic carbocycles. The number of nitrogens with one attached hydrogen (secondary N) is 2. The Kier molecular flexibility index (Phi) is 23.6. The first kappa shape index (κ1) is 57.1. The first-order valence-corrected chi connectivity index (χ1v) is 24.3. The van der Waals surface area contributed by atoms with Crippen LogP contribution in [-0.2, 0) is 39.8 Å². The highest BCUT2D eigenvalue weighted by Gasteiger charge is 2.44. The Hall–Kier alpha value is -4.19. The fraction of sp³-hybridized carbons (Fsp3) is 0.694. The average Bonchev–Trinajstić information content (AvgIpc) is 4.03. The summed E-state index contributed by atoms with van der Waals surface area (Å²) in [4.78, 5) is 66.5. The number of amides is 4. The lowest BCUT2D eigenvalue weighted by Gasteiger charge is -2.41. The van der Waals surface area contributed by atoms with Gasteiger partial charge in [-0.15, -0.1) is 11.3 Å². The molecule has 4 amide bonds. The minimum absolute atomic E-state index is 0.0460. The summed E-state index contributed by atoms with van der Waals surface area (Å²) in [6.07, 6.45) is 3.09. The molecular weight excluding hydrogens is 881 g/mol. The first-order chi connectivity index (χ1) is 31.7. The van der Waals surface area contributed by atoms with Crippen LogP contribution in [0.3, 0.4) is 0 Å². The van der Waals surface area contributed by atoms with E-state index in [0.717, 1.165) is 17.0 Å². The number of likely N-dealkylation sites (tertiary alicyclic amines) is 1. The zero-order chi connectivity index (χ0) is 50.1. The fourth-order valence-corrected chi connectivity index (χ4v) is 9.94. The SMILES string of the molecule is C#COCC(O)C(O)C(O)C(O)CN(C)C(C(=O)NC(C(=O)N(C)C(C(C)CC)C(CC(=O)N1CCCC1C(OC)C(C)C(=O)NC(Cc1ccccc1)c1nccs1)OC)C(C)C)C(C)C. The summed E-state index contributed by atoms with van der Waals surface area (Å²) in [6.45, 7) is 12.8. The average molecular weight is 959 g/mol. The minimum Gasteiger partial charge on any atom is -0.444 e. The van der Waals surface area contributed by atoms with Gasteiger partial charge < -0.3 is 55.1 Å². The number of carbonyl (C=O) groups is 4. The first-order valence-electron chi connectivity index (χ1n) is 23.4. The van der Waals surface area contributed by atoms with Gasteiger partial charge in [0, 0.05) is 45.9 Å². The molecule has 1 saturated heterocycles. The second-order valence-corrected chi connectivity index (χ2v) is 19.5. The number of aliphatic hydroxyl groups excluding tert-OH is 4. The molecule has 1 aliphatic rings. The Balaban J connectivity index is 1.77. The number of thiazole rings is 1. The molecular formula is C49H78N6O11S. The van der Waals surface area contributed by atoms with Crippen molar-refractivity contribution in [2.45, 2.75) is 147 Å². The van der Waals surface area contributed by atoms with Crippen molar-refractivity contribution in [3.63, 3.8) is 0 Å². The minimum atomic E-state index is -1.79. The number of aromatic nitrogens is 1. The maximum absolute atomic E-state index is 14.6. The Labute approximate surface area is 401 Å². The van der Waals surface area contributed by atoms with Crippen molar-refractivity contribution in [3.8, 4) is 12.5 Å². The Morgan fingerprint density at radius 1 is 0.940 bits per heavy atom. The standard InChI is InChI=1S/C49H78N6O11S/c1-13-31(7)42(54(10)49(63)40(29(3)4)52-47(62)41(30(5)6)53(9)27-36(56)43(59)44(60)37(57)28-66-14-2)38(64-11)26-39(58)55-23-18-21-35(55)45(65-12)32(8)46(61)51-34(48-50-22-24-67-48)25-33-19-16-15-17-20-33/h2,15-17,19-20,22,24,29-32,34-38,40-45,56-57,59-60H,13,18,21,23,25-28H2,1,3-12H3,(H,51,61)(H,52,62). The number of terminal acetylenes is 1. The van der Waals surface area contributed by atoms with E-state index in [0.29, 0.717) is 25.8 Å². The van der Waals surface area contributed by atoms with Crippen LogP contribution in [-0.4, -0.2) is 173 Å². The third kappa shape index (κ3) is 15.7. The van der Waals surface area contributed by atoms with E-state index >= 15 is 0 Å². The number of likely N-dealkylation sites (N-methyl/N-ethyl adjacent to an activating group) is 2. The van der Waals surface area contributed by atoms with Crippen molar-refractivity contribution in [2.75, 3.05) is 48.0 Å². The molecule has 0 saturated carbocycles. The Bertz CT molecular complexity index is 1850. The molecule has 6 N–H and O–H groups in total. The molecule has 3 rings (SSSR count). The number of nitrogens with zero attached hydrogens (tertiary/aromatic N) is 4. The van der Waals surface area contributed by atoms with Gasteiger partial charge in [-0.2, -0.15) is 0 Å². The van der Waals surface area contributed by atoms with Crippen LogP contribution in [0.1, 0.15) is 90.8 Å². The second-order valence-electron chi connectivity index (χ2n) is 18.6. The molecule has 2 aromatic rings.